The Morgan fingerprint density at radius 1 is 1.13 bits per heavy atom. The second-order valence-corrected chi connectivity index (χ2v) is 11.5. The number of unbranched alkanes of at least 4 members (excludes halogenated alkanes) is 2. The summed E-state index contributed by atoms with van der Waals surface area (Å²) in [4.78, 5) is 43.5. The Kier molecular flexibility index (Phi) is 8.91. The van der Waals surface area contributed by atoms with Gasteiger partial charge in [0.1, 0.15) is 17.4 Å². The third-order valence-electron chi connectivity index (χ3n) is 8.98. The average molecular weight is 544 g/mol. The number of carbonyl (C=O) groups excluding carboxylic acids is 3. The fourth-order valence-corrected chi connectivity index (χ4v) is 7.04. The number of rotatable bonds is 13. The van der Waals surface area contributed by atoms with Gasteiger partial charge in [-0.2, -0.15) is 0 Å². The van der Waals surface area contributed by atoms with E-state index in [1.54, 1.807) is 29.2 Å². The lowest BCUT2D eigenvalue weighted by Gasteiger charge is -2.38. The molecule has 0 saturated carbocycles. The van der Waals surface area contributed by atoms with Gasteiger partial charge in [0.05, 0.1) is 36.7 Å². The minimum absolute atomic E-state index is 0.0852. The first-order valence-electron chi connectivity index (χ1n) is 14.6. The van der Waals surface area contributed by atoms with Crippen molar-refractivity contribution in [3.8, 4) is 5.75 Å². The number of ether oxygens (including phenoxy) is 2. The lowest BCUT2D eigenvalue weighted by molar-refractivity contribution is -0.151. The summed E-state index contributed by atoms with van der Waals surface area (Å²) in [6.45, 7) is 10.6. The maximum Gasteiger partial charge on any atom is 0.245 e. The monoisotopic (exact) mass is 543 g/mol. The first kappa shape index (κ1) is 29.3. The number of carbonyl (C=O) groups is 3. The molecule has 9 nitrogen and oxygen atoms in total. The smallest absolute Gasteiger partial charge is 0.245 e. The van der Waals surface area contributed by atoms with Crippen molar-refractivity contribution in [3.63, 3.8) is 0 Å². The Bertz CT molecular complexity index is 1050. The molecule has 0 aromatic heterocycles. The molecule has 216 valence electrons. The number of aliphatic hydroxyl groups is 1. The van der Waals surface area contributed by atoms with E-state index in [1.165, 1.54) is 0 Å². The van der Waals surface area contributed by atoms with Crippen molar-refractivity contribution in [2.75, 3.05) is 25.1 Å². The Hall–Kier alpha value is -2.65. The molecule has 3 aliphatic rings. The minimum atomic E-state index is -1.11. The Balaban J connectivity index is 1.69. The Morgan fingerprint density at radius 3 is 2.44 bits per heavy atom. The summed E-state index contributed by atoms with van der Waals surface area (Å²) in [5.41, 5.74) is -1.32. The molecule has 3 heterocycles. The van der Waals surface area contributed by atoms with Gasteiger partial charge >= 0.3 is 0 Å². The van der Waals surface area contributed by atoms with Crippen LogP contribution in [0.1, 0.15) is 73.1 Å². The zero-order chi connectivity index (χ0) is 28.4. The van der Waals surface area contributed by atoms with E-state index in [9.17, 15) is 19.5 Å². The van der Waals surface area contributed by atoms with E-state index in [2.05, 4.69) is 17.6 Å². The lowest BCUT2D eigenvalue weighted by Crippen LogP contribution is -2.59. The molecule has 0 aliphatic carbocycles. The largest absolute Gasteiger partial charge is 0.494 e. The fourth-order valence-electron chi connectivity index (χ4n) is 7.04. The van der Waals surface area contributed by atoms with Crippen molar-refractivity contribution in [1.82, 2.24) is 10.2 Å². The summed E-state index contributed by atoms with van der Waals surface area (Å²) in [5.74, 6) is -1.75. The highest BCUT2D eigenvalue weighted by molar-refractivity contribution is 6.02. The Labute approximate surface area is 232 Å². The van der Waals surface area contributed by atoms with Gasteiger partial charge in [-0.25, -0.2) is 0 Å². The third kappa shape index (κ3) is 5.04. The van der Waals surface area contributed by atoms with Gasteiger partial charge < -0.3 is 30.1 Å². The first-order valence-corrected chi connectivity index (χ1v) is 14.6. The zero-order valence-corrected chi connectivity index (χ0v) is 24.0. The minimum Gasteiger partial charge on any atom is -0.494 e. The van der Waals surface area contributed by atoms with Crippen LogP contribution in [0.5, 0.6) is 5.75 Å². The molecule has 9 heteroatoms. The van der Waals surface area contributed by atoms with Gasteiger partial charge in [-0.15, -0.1) is 0 Å². The summed E-state index contributed by atoms with van der Waals surface area (Å²) in [6.07, 6.45) is 4.54. The third-order valence-corrected chi connectivity index (χ3v) is 8.98. The molecular weight excluding hydrogens is 498 g/mol. The van der Waals surface area contributed by atoms with E-state index in [1.807, 2.05) is 27.7 Å². The van der Waals surface area contributed by atoms with Crippen LogP contribution >= 0.6 is 0 Å². The first-order chi connectivity index (χ1) is 18.7. The molecule has 3 amide bonds. The maximum atomic E-state index is 14.3. The van der Waals surface area contributed by atoms with E-state index in [0.29, 0.717) is 43.9 Å². The molecule has 3 N–H and O–H groups in total. The van der Waals surface area contributed by atoms with Crippen LogP contribution < -0.4 is 15.4 Å². The highest BCUT2D eigenvalue weighted by Crippen LogP contribution is 2.64. The number of aliphatic hydroxyl groups excluding tert-OH is 1. The number of hydrogen-bond donors (Lipinski definition) is 3. The molecule has 3 fully saturated rings. The molecule has 1 aromatic carbocycles. The second kappa shape index (κ2) is 11.8. The van der Waals surface area contributed by atoms with E-state index < -0.39 is 35.1 Å². The number of benzene rings is 1. The van der Waals surface area contributed by atoms with Gasteiger partial charge in [0.2, 0.25) is 17.7 Å². The van der Waals surface area contributed by atoms with Gasteiger partial charge in [0, 0.05) is 12.2 Å². The number of fused-ring (bicyclic) bond motifs is 1. The molecule has 3 aliphatic heterocycles. The molecule has 2 bridgehead atoms. The normalized spacial score (nSPS) is 30.0. The van der Waals surface area contributed by atoms with Crippen LogP contribution in [0, 0.1) is 17.8 Å². The van der Waals surface area contributed by atoms with Crippen LogP contribution in [-0.4, -0.2) is 70.8 Å². The summed E-state index contributed by atoms with van der Waals surface area (Å²) in [6, 6.07) is 5.70. The lowest BCUT2D eigenvalue weighted by atomic mass is 9.65. The second-order valence-electron chi connectivity index (χ2n) is 11.5. The van der Waals surface area contributed by atoms with Crippen LogP contribution in [0.2, 0.25) is 0 Å². The van der Waals surface area contributed by atoms with E-state index >= 15 is 0 Å². The molecule has 39 heavy (non-hydrogen) atoms. The van der Waals surface area contributed by atoms with Crippen molar-refractivity contribution in [2.45, 2.75) is 96.4 Å². The van der Waals surface area contributed by atoms with Gasteiger partial charge in [-0.05, 0) is 62.8 Å². The number of nitrogens with one attached hydrogen (secondary N) is 2. The van der Waals surface area contributed by atoms with Gasteiger partial charge in [-0.1, -0.05) is 40.5 Å². The molecule has 0 radical (unpaired) electrons. The summed E-state index contributed by atoms with van der Waals surface area (Å²) < 4.78 is 12.3. The van der Waals surface area contributed by atoms with Crippen LogP contribution in [0.15, 0.2) is 24.3 Å². The number of anilines is 1. The number of likely N-dealkylation sites (tertiary alicyclic amines) is 1. The molecule has 2 unspecified atom stereocenters. The SMILES string of the molecule is CCCCCNC(=O)C1N([C@@H](CO)C(C)C)C(=O)[C@@H]2[C@@H](C(=O)Nc3ccc(OCC)cc3)[C@@]3(CC)CCC12O3. The highest BCUT2D eigenvalue weighted by Gasteiger charge is 2.79. The predicted octanol–water partition coefficient (Wildman–Crippen LogP) is 3.50. The van der Waals surface area contributed by atoms with Crippen molar-refractivity contribution >= 4 is 23.4 Å². The number of nitrogens with zero attached hydrogens (tertiary/aromatic N) is 1. The van der Waals surface area contributed by atoms with Gasteiger partial charge in [0.15, 0.2) is 0 Å². The maximum absolute atomic E-state index is 14.3. The van der Waals surface area contributed by atoms with Gasteiger partial charge in [-0.3, -0.25) is 14.4 Å². The predicted molar refractivity (Wildman–Crippen MR) is 148 cm³/mol. The van der Waals surface area contributed by atoms with Crippen molar-refractivity contribution < 1.29 is 29.0 Å². The number of amides is 3. The average Bonchev–Trinajstić information content (AvgIpc) is 3.52. The number of hydrogen-bond acceptors (Lipinski definition) is 6. The van der Waals surface area contributed by atoms with Crippen LogP contribution in [-0.2, 0) is 19.1 Å². The molecule has 1 aromatic rings. The topological polar surface area (TPSA) is 117 Å². The van der Waals surface area contributed by atoms with Gasteiger partial charge in [0.25, 0.3) is 0 Å². The van der Waals surface area contributed by atoms with E-state index in [4.69, 9.17) is 9.47 Å². The molecule has 6 atom stereocenters. The quantitative estimate of drug-likeness (QED) is 0.328. The standard InChI is InChI=1S/C30H45N3O6/c1-6-9-10-17-31-27(36)25-30-16-15-29(7-2,39-30)23(24(30)28(37)33(25)22(18-34)19(4)5)26(35)32-20-11-13-21(14-12-20)38-8-3/h11-14,19,22-25,34H,6-10,15-18H2,1-5H3,(H,31,36)(H,32,35)/t22-,23-,24-,25?,29+,30?/m0/s1. The summed E-state index contributed by atoms with van der Waals surface area (Å²) in [5, 5.41) is 16.4. The molecule has 3 saturated heterocycles. The zero-order valence-electron chi connectivity index (χ0n) is 24.0. The Morgan fingerprint density at radius 2 is 1.85 bits per heavy atom. The summed E-state index contributed by atoms with van der Waals surface area (Å²) >= 11 is 0. The molecule has 4 rings (SSSR count). The fraction of sp³-hybridized carbons (Fsp3) is 0.700. The summed E-state index contributed by atoms with van der Waals surface area (Å²) in [7, 11) is 0. The molecular formula is C30H45N3O6. The highest BCUT2D eigenvalue weighted by atomic mass is 16.5. The van der Waals surface area contributed by atoms with Crippen LogP contribution in [0.4, 0.5) is 5.69 Å². The molecule has 1 spiro atoms. The van der Waals surface area contributed by atoms with Crippen molar-refractivity contribution in [2.24, 2.45) is 17.8 Å². The van der Waals surface area contributed by atoms with Crippen LogP contribution in [0.25, 0.3) is 0 Å². The van der Waals surface area contributed by atoms with Crippen LogP contribution in [0.3, 0.4) is 0 Å². The van der Waals surface area contributed by atoms with E-state index in [0.717, 1.165) is 19.3 Å². The van der Waals surface area contributed by atoms with E-state index in [-0.39, 0.29) is 30.2 Å². The van der Waals surface area contributed by atoms with Crippen molar-refractivity contribution in [3.05, 3.63) is 24.3 Å². The van der Waals surface area contributed by atoms with Crippen molar-refractivity contribution in [1.29, 1.82) is 0 Å².